The summed E-state index contributed by atoms with van der Waals surface area (Å²) in [6, 6.07) is 13.8. The summed E-state index contributed by atoms with van der Waals surface area (Å²) in [4.78, 5) is 12.3. The van der Waals surface area contributed by atoms with Gasteiger partial charge in [0.15, 0.2) is 0 Å². The van der Waals surface area contributed by atoms with E-state index < -0.39 is 0 Å². The summed E-state index contributed by atoms with van der Waals surface area (Å²) in [5.74, 6) is 0.436. The van der Waals surface area contributed by atoms with E-state index in [1.54, 1.807) is 0 Å². The van der Waals surface area contributed by atoms with Crippen LogP contribution in [0.25, 0.3) is 0 Å². The Morgan fingerprint density at radius 2 is 1.70 bits per heavy atom. The maximum absolute atomic E-state index is 12.3. The molecule has 2 rings (SSSR count). The Labute approximate surface area is 146 Å². The molecule has 0 spiro atoms. The van der Waals surface area contributed by atoms with Crippen molar-refractivity contribution in [3.8, 4) is 0 Å². The second-order valence-corrected chi connectivity index (χ2v) is 6.97. The summed E-state index contributed by atoms with van der Waals surface area (Å²) in [6.07, 6.45) is 0. The molecule has 0 aromatic heterocycles. The molecular weight excluding hydrogens is 352 g/mol. The van der Waals surface area contributed by atoms with Crippen LogP contribution in [-0.4, -0.2) is 11.9 Å². The van der Waals surface area contributed by atoms with Crippen LogP contribution < -0.4 is 10.6 Å². The number of rotatable bonds is 5. The number of carbonyl (C=O) groups excluding carboxylic acids is 1. The number of hydrogen-bond acceptors (Lipinski definition) is 2. The standard InChI is InChI=1S/C19H23BrN2O/c1-12(2)15-6-8-16(9-7-15)21-14(4)19(23)22-18-10-5-13(3)11-17(18)20/h5-12,14,21H,1-4H3,(H,22,23). The third-order valence-electron chi connectivity index (χ3n) is 3.74. The van der Waals surface area contributed by atoms with E-state index in [2.05, 4.69) is 52.5 Å². The Hall–Kier alpha value is -1.81. The number of aryl methyl sites for hydroxylation is 1. The molecule has 1 unspecified atom stereocenters. The fourth-order valence-corrected chi connectivity index (χ4v) is 2.83. The lowest BCUT2D eigenvalue weighted by molar-refractivity contribution is -0.116. The van der Waals surface area contributed by atoms with Gasteiger partial charge in [-0.3, -0.25) is 4.79 Å². The average molecular weight is 375 g/mol. The summed E-state index contributed by atoms with van der Waals surface area (Å²) in [7, 11) is 0. The Bertz CT molecular complexity index is 680. The molecule has 0 radical (unpaired) electrons. The third-order valence-corrected chi connectivity index (χ3v) is 4.39. The van der Waals surface area contributed by atoms with Crippen LogP contribution in [0.15, 0.2) is 46.9 Å². The number of hydrogen-bond donors (Lipinski definition) is 2. The van der Waals surface area contributed by atoms with Crippen LogP contribution in [0.1, 0.15) is 37.8 Å². The first-order valence-electron chi connectivity index (χ1n) is 7.80. The minimum absolute atomic E-state index is 0.0671. The number of halogens is 1. The Morgan fingerprint density at radius 1 is 1.04 bits per heavy atom. The van der Waals surface area contributed by atoms with Crippen molar-refractivity contribution in [3.63, 3.8) is 0 Å². The monoisotopic (exact) mass is 374 g/mol. The second-order valence-electron chi connectivity index (χ2n) is 6.12. The molecular formula is C19H23BrN2O. The maximum atomic E-state index is 12.3. The van der Waals surface area contributed by atoms with Crippen molar-refractivity contribution in [2.24, 2.45) is 0 Å². The highest BCUT2D eigenvalue weighted by atomic mass is 79.9. The summed E-state index contributed by atoms with van der Waals surface area (Å²) < 4.78 is 0.888. The molecule has 23 heavy (non-hydrogen) atoms. The molecule has 0 aliphatic rings. The molecule has 0 saturated carbocycles. The SMILES string of the molecule is Cc1ccc(NC(=O)C(C)Nc2ccc(C(C)C)cc2)c(Br)c1. The van der Waals surface area contributed by atoms with Crippen molar-refractivity contribution in [1.29, 1.82) is 0 Å². The quantitative estimate of drug-likeness (QED) is 0.743. The smallest absolute Gasteiger partial charge is 0.246 e. The highest BCUT2D eigenvalue weighted by Crippen LogP contribution is 2.24. The summed E-state index contributed by atoms with van der Waals surface area (Å²) in [5, 5.41) is 6.17. The first kappa shape index (κ1) is 17.5. The van der Waals surface area contributed by atoms with Gasteiger partial charge in [-0.1, -0.05) is 32.0 Å². The molecule has 1 atom stereocenters. The highest BCUT2D eigenvalue weighted by molar-refractivity contribution is 9.10. The van der Waals surface area contributed by atoms with Crippen molar-refractivity contribution in [2.75, 3.05) is 10.6 Å². The summed E-state index contributed by atoms with van der Waals surface area (Å²) >= 11 is 3.48. The number of anilines is 2. The lowest BCUT2D eigenvalue weighted by Gasteiger charge is -2.17. The van der Waals surface area contributed by atoms with Crippen LogP contribution in [0.4, 0.5) is 11.4 Å². The lowest BCUT2D eigenvalue weighted by Crippen LogP contribution is -2.31. The van der Waals surface area contributed by atoms with Crippen molar-refractivity contribution in [3.05, 3.63) is 58.1 Å². The zero-order valence-electron chi connectivity index (χ0n) is 14.0. The Kier molecular flexibility index (Phi) is 5.83. The van der Waals surface area contributed by atoms with E-state index in [1.165, 1.54) is 5.56 Å². The molecule has 122 valence electrons. The van der Waals surface area contributed by atoms with E-state index in [0.717, 1.165) is 21.4 Å². The number of nitrogens with one attached hydrogen (secondary N) is 2. The first-order valence-corrected chi connectivity index (χ1v) is 8.59. The zero-order valence-corrected chi connectivity index (χ0v) is 15.6. The molecule has 1 amide bonds. The van der Waals surface area contributed by atoms with Gasteiger partial charge in [0.05, 0.1) is 5.69 Å². The fourth-order valence-electron chi connectivity index (χ4n) is 2.24. The van der Waals surface area contributed by atoms with Gasteiger partial charge in [0, 0.05) is 10.2 Å². The minimum atomic E-state index is -0.326. The number of benzene rings is 2. The highest BCUT2D eigenvalue weighted by Gasteiger charge is 2.14. The molecule has 4 heteroatoms. The zero-order chi connectivity index (χ0) is 17.0. The van der Waals surface area contributed by atoms with Crippen molar-refractivity contribution in [1.82, 2.24) is 0 Å². The molecule has 0 heterocycles. The van der Waals surface area contributed by atoms with E-state index >= 15 is 0 Å². The van der Waals surface area contributed by atoms with Crippen LogP contribution in [0.3, 0.4) is 0 Å². The maximum Gasteiger partial charge on any atom is 0.246 e. The van der Waals surface area contributed by atoms with E-state index in [9.17, 15) is 4.79 Å². The number of carbonyl (C=O) groups is 1. The number of amides is 1. The van der Waals surface area contributed by atoms with Gasteiger partial charge in [-0.25, -0.2) is 0 Å². The van der Waals surface area contributed by atoms with Gasteiger partial charge in [0.2, 0.25) is 5.91 Å². The van der Waals surface area contributed by atoms with Crippen LogP contribution in [0.2, 0.25) is 0 Å². The largest absolute Gasteiger partial charge is 0.374 e. The summed E-state index contributed by atoms with van der Waals surface area (Å²) in [6.45, 7) is 8.20. The van der Waals surface area contributed by atoms with Gasteiger partial charge in [-0.05, 0) is 71.1 Å². The molecule has 0 aliphatic carbocycles. The van der Waals surface area contributed by atoms with Gasteiger partial charge in [-0.15, -0.1) is 0 Å². The molecule has 0 aliphatic heterocycles. The van der Waals surface area contributed by atoms with Crippen LogP contribution in [0, 0.1) is 6.92 Å². The molecule has 0 bridgehead atoms. The van der Waals surface area contributed by atoms with Crippen LogP contribution in [-0.2, 0) is 4.79 Å². The second kappa shape index (κ2) is 7.64. The van der Waals surface area contributed by atoms with E-state index in [4.69, 9.17) is 0 Å². The van der Waals surface area contributed by atoms with Gasteiger partial charge >= 0.3 is 0 Å². The predicted molar refractivity (Wildman–Crippen MR) is 101 cm³/mol. The Balaban J connectivity index is 1.99. The molecule has 2 N–H and O–H groups in total. The van der Waals surface area contributed by atoms with E-state index in [1.807, 2.05) is 44.2 Å². The lowest BCUT2D eigenvalue weighted by atomic mass is 10.0. The van der Waals surface area contributed by atoms with Gasteiger partial charge < -0.3 is 10.6 Å². The third kappa shape index (κ3) is 4.83. The molecule has 2 aromatic carbocycles. The van der Waals surface area contributed by atoms with Crippen molar-refractivity contribution < 1.29 is 4.79 Å². The fraction of sp³-hybridized carbons (Fsp3) is 0.316. The Morgan fingerprint density at radius 3 is 2.26 bits per heavy atom. The molecule has 0 fully saturated rings. The normalized spacial score (nSPS) is 12.1. The topological polar surface area (TPSA) is 41.1 Å². The van der Waals surface area contributed by atoms with E-state index in [0.29, 0.717) is 5.92 Å². The van der Waals surface area contributed by atoms with Crippen LogP contribution >= 0.6 is 15.9 Å². The van der Waals surface area contributed by atoms with Crippen LogP contribution in [0.5, 0.6) is 0 Å². The van der Waals surface area contributed by atoms with Gasteiger partial charge in [0.1, 0.15) is 6.04 Å². The van der Waals surface area contributed by atoms with Crippen molar-refractivity contribution >= 4 is 33.2 Å². The van der Waals surface area contributed by atoms with Gasteiger partial charge in [0.25, 0.3) is 0 Å². The predicted octanol–water partition coefficient (Wildman–Crippen LogP) is 5.32. The van der Waals surface area contributed by atoms with Gasteiger partial charge in [-0.2, -0.15) is 0 Å². The summed E-state index contributed by atoms with van der Waals surface area (Å²) in [5.41, 5.74) is 4.16. The van der Waals surface area contributed by atoms with E-state index in [-0.39, 0.29) is 11.9 Å². The molecule has 0 saturated heterocycles. The molecule has 2 aromatic rings. The van der Waals surface area contributed by atoms with Crippen molar-refractivity contribution in [2.45, 2.75) is 39.7 Å². The first-order chi connectivity index (χ1) is 10.9. The minimum Gasteiger partial charge on any atom is -0.374 e. The average Bonchev–Trinajstić information content (AvgIpc) is 2.50. The molecule has 3 nitrogen and oxygen atoms in total.